The first kappa shape index (κ1) is 11.5. The number of rotatable bonds is 4. The number of nitrogens with zero attached hydrogens (tertiary/aromatic N) is 1. The van der Waals surface area contributed by atoms with Crippen molar-refractivity contribution >= 4 is 5.97 Å². The van der Waals surface area contributed by atoms with Crippen LogP contribution in [0.3, 0.4) is 0 Å². The van der Waals surface area contributed by atoms with Gasteiger partial charge in [-0.25, -0.2) is 0 Å². The lowest BCUT2D eigenvalue weighted by Gasteiger charge is -2.27. The van der Waals surface area contributed by atoms with Crippen LogP contribution in [0.2, 0.25) is 0 Å². The van der Waals surface area contributed by atoms with Gasteiger partial charge in [-0.15, -0.1) is 0 Å². The molecule has 0 aromatic heterocycles. The Morgan fingerprint density at radius 2 is 2.43 bits per heavy atom. The fourth-order valence-electron chi connectivity index (χ4n) is 1.96. The summed E-state index contributed by atoms with van der Waals surface area (Å²) in [6.45, 7) is 5.07. The first-order valence-corrected chi connectivity index (χ1v) is 5.24. The molecule has 82 valence electrons. The van der Waals surface area contributed by atoms with E-state index in [4.69, 9.17) is 9.84 Å². The van der Waals surface area contributed by atoms with Crippen LogP contribution in [-0.2, 0) is 9.53 Å². The van der Waals surface area contributed by atoms with Crippen LogP contribution in [0.4, 0.5) is 0 Å². The normalized spacial score (nSPS) is 24.9. The van der Waals surface area contributed by atoms with Crippen LogP contribution in [-0.4, -0.2) is 47.8 Å². The number of esters is 1. The van der Waals surface area contributed by atoms with E-state index in [1.54, 1.807) is 6.92 Å². The summed E-state index contributed by atoms with van der Waals surface area (Å²) >= 11 is 0. The number of aliphatic hydroxyl groups is 1. The Labute approximate surface area is 84.8 Å². The molecule has 14 heavy (non-hydrogen) atoms. The molecule has 1 rings (SSSR count). The zero-order valence-electron chi connectivity index (χ0n) is 8.90. The van der Waals surface area contributed by atoms with Gasteiger partial charge in [0.25, 0.3) is 0 Å². The van der Waals surface area contributed by atoms with Gasteiger partial charge in [0.2, 0.25) is 0 Å². The van der Waals surface area contributed by atoms with Crippen LogP contribution in [0.5, 0.6) is 0 Å². The number of carbonyl (C=O) groups excluding carboxylic acids is 1. The fraction of sp³-hybridized carbons (Fsp3) is 0.900. The van der Waals surface area contributed by atoms with E-state index in [1.807, 2.05) is 11.8 Å². The van der Waals surface area contributed by atoms with Gasteiger partial charge in [0.15, 0.2) is 0 Å². The van der Waals surface area contributed by atoms with Gasteiger partial charge >= 0.3 is 5.97 Å². The monoisotopic (exact) mass is 201 g/mol. The van der Waals surface area contributed by atoms with Crippen molar-refractivity contribution in [2.75, 3.05) is 19.8 Å². The predicted molar refractivity (Wildman–Crippen MR) is 52.9 cm³/mol. The zero-order chi connectivity index (χ0) is 10.6. The number of ether oxygens (including phenoxy) is 1. The maximum atomic E-state index is 11.4. The zero-order valence-corrected chi connectivity index (χ0v) is 8.90. The Morgan fingerprint density at radius 3 is 3.00 bits per heavy atom. The molecule has 0 aromatic carbocycles. The van der Waals surface area contributed by atoms with Gasteiger partial charge in [-0.3, -0.25) is 9.69 Å². The van der Waals surface area contributed by atoms with Gasteiger partial charge in [0.1, 0.15) is 6.04 Å². The SMILES string of the molecule is CCOC(=O)C(C)N1CCC[C@H]1CO. The van der Waals surface area contributed by atoms with Gasteiger partial charge in [0, 0.05) is 6.04 Å². The summed E-state index contributed by atoms with van der Waals surface area (Å²) in [5, 5.41) is 9.10. The second-order valence-electron chi connectivity index (χ2n) is 3.64. The minimum absolute atomic E-state index is 0.129. The van der Waals surface area contributed by atoms with Crippen molar-refractivity contribution in [1.29, 1.82) is 0 Å². The molecule has 2 atom stereocenters. The lowest BCUT2D eigenvalue weighted by Crippen LogP contribution is -2.44. The van der Waals surface area contributed by atoms with Crippen molar-refractivity contribution in [3.05, 3.63) is 0 Å². The third kappa shape index (κ3) is 2.45. The van der Waals surface area contributed by atoms with Crippen molar-refractivity contribution in [2.24, 2.45) is 0 Å². The Balaban J connectivity index is 2.50. The Kier molecular flexibility index (Phi) is 4.35. The minimum Gasteiger partial charge on any atom is -0.465 e. The van der Waals surface area contributed by atoms with E-state index in [9.17, 15) is 4.79 Å². The van der Waals surface area contributed by atoms with E-state index in [2.05, 4.69) is 0 Å². The van der Waals surface area contributed by atoms with Crippen molar-refractivity contribution in [3.8, 4) is 0 Å². The Hall–Kier alpha value is -0.610. The van der Waals surface area contributed by atoms with Crippen LogP contribution >= 0.6 is 0 Å². The largest absolute Gasteiger partial charge is 0.465 e. The quantitative estimate of drug-likeness (QED) is 0.669. The first-order chi connectivity index (χ1) is 6.70. The van der Waals surface area contributed by atoms with Gasteiger partial charge in [-0.1, -0.05) is 0 Å². The third-order valence-electron chi connectivity index (χ3n) is 2.76. The second-order valence-corrected chi connectivity index (χ2v) is 3.64. The summed E-state index contributed by atoms with van der Waals surface area (Å²) in [7, 11) is 0. The van der Waals surface area contributed by atoms with Gasteiger partial charge in [0.05, 0.1) is 13.2 Å². The molecule has 0 saturated carbocycles. The number of likely N-dealkylation sites (tertiary alicyclic amines) is 1. The standard InChI is InChI=1S/C10H19NO3/c1-3-14-10(13)8(2)11-6-4-5-9(11)7-12/h8-9,12H,3-7H2,1-2H3/t8?,9-/m0/s1. The molecule has 1 aliphatic heterocycles. The molecule has 1 heterocycles. The summed E-state index contributed by atoms with van der Waals surface area (Å²) in [5.41, 5.74) is 0. The molecule has 0 aliphatic carbocycles. The Bertz CT molecular complexity index is 196. The summed E-state index contributed by atoms with van der Waals surface area (Å²) in [6.07, 6.45) is 2.02. The lowest BCUT2D eigenvalue weighted by atomic mass is 10.2. The molecule has 1 unspecified atom stereocenters. The molecule has 0 amide bonds. The first-order valence-electron chi connectivity index (χ1n) is 5.24. The van der Waals surface area contributed by atoms with E-state index in [1.165, 1.54) is 0 Å². The third-order valence-corrected chi connectivity index (χ3v) is 2.76. The highest BCUT2D eigenvalue weighted by Gasteiger charge is 2.31. The Morgan fingerprint density at radius 1 is 1.71 bits per heavy atom. The van der Waals surface area contributed by atoms with Gasteiger partial charge in [-0.05, 0) is 33.2 Å². The highest BCUT2D eigenvalue weighted by atomic mass is 16.5. The molecular weight excluding hydrogens is 182 g/mol. The molecule has 1 N–H and O–H groups in total. The maximum Gasteiger partial charge on any atom is 0.323 e. The molecule has 4 heteroatoms. The van der Waals surface area contributed by atoms with Crippen LogP contribution in [0, 0.1) is 0 Å². The van der Waals surface area contributed by atoms with Crippen LogP contribution in [0.15, 0.2) is 0 Å². The van der Waals surface area contributed by atoms with Crippen molar-refractivity contribution < 1.29 is 14.6 Å². The van der Waals surface area contributed by atoms with Crippen molar-refractivity contribution in [3.63, 3.8) is 0 Å². The topological polar surface area (TPSA) is 49.8 Å². The minimum atomic E-state index is -0.227. The van der Waals surface area contributed by atoms with E-state index >= 15 is 0 Å². The summed E-state index contributed by atoms with van der Waals surface area (Å²) < 4.78 is 4.95. The van der Waals surface area contributed by atoms with Crippen molar-refractivity contribution in [2.45, 2.75) is 38.8 Å². The van der Waals surface area contributed by atoms with E-state index in [0.29, 0.717) is 6.61 Å². The van der Waals surface area contributed by atoms with E-state index in [0.717, 1.165) is 19.4 Å². The maximum absolute atomic E-state index is 11.4. The number of carbonyl (C=O) groups is 1. The highest BCUT2D eigenvalue weighted by Crippen LogP contribution is 2.19. The molecule has 0 spiro atoms. The smallest absolute Gasteiger partial charge is 0.323 e. The fourth-order valence-corrected chi connectivity index (χ4v) is 1.96. The number of hydrogen-bond acceptors (Lipinski definition) is 4. The molecule has 1 saturated heterocycles. The van der Waals surface area contributed by atoms with Gasteiger partial charge < -0.3 is 9.84 Å². The van der Waals surface area contributed by atoms with Gasteiger partial charge in [-0.2, -0.15) is 0 Å². The molecule has 0 bridgehead atoms. The average Bonchev–Trinajstić information content (AvgIpc) is 2.64. The molecule has 0 radical (unpaired) electrons. The number of aliphatic hydroxyl groups excluding tert-OH is 1. The lowest BCUT2D eigenvalue weighted by molar-refractivity contribution is -0.149. The van der Waals surface area contributed by atoms with E-state index < -0.39 is 0 Å². The highest BCUT2D eigenvalue weighted by molar-refractivity contribution is 5.75. The molecular formula is C10H19NO3. The summed E-state index contributed by atoms with van der Waals surface area (Å²) in [4.78, 5) is 13.5. The predicted octanol–water partition coefficient (Wildman–Crippen LogP) is 0.395. The average molecular weight is 201 g/mol. The molecule has 4 nitrogen and oxygen atoms in total. The molecule has 1 aliphatic rings. The molecule has 1 fully saturated rings. The summed E-state index contributed by atoms with van der Waals surface area (Å²) in [6, 6.07) is -0.0935. The molecule has 0 aromatic rings. The van der Waals surface area contributed by atoms with Crippen LogP contribution in [0.1, 0.15) is 26.7 Å². The number of hydrogen-bond donors (Lipinski definition) is 1. The van der Waals surface area contributed by atoms with Crippen LogP contribution < -0.4 is 0 Å². The summed E-state index contributed by atoms with van der Waals surface area (Å²) in [5.74, 6) is -0.187. The van der Waals surface area contributed by atoms with Crippen molar-refractivity contribution in [1.82, 2.24) is 4.90 Å². The van der Waals surface area contributed by atoms with E-state index in [-0.39, 0.29) is 24.7 Å². The second kappa shape index (κ2) is 5.32. The van der Waals surface area contributed by atoms with Crippen LogP contribution in [0.25, 0.3) is 0 Å².